The van der Waals surface area contributed by atoms with Crippen LogP contribution in [0.3, 0.4) is 0 Å². The average molecular weight is 513 g/mol. The van der Waals surface area contributed by atoms with Gasteiger partial charge in [0.1, 0.15) is 12.4 Å². The van der Waals surface area contributed by atoms with Gasteiger partial charge < -0.3 is 4.74 Å². The van der Waals surface area contributed by atoms with Gasteiger partial charge >= 0.3 is 0 Å². The van der Waals surface area contributed by atoms with Crippen LogP contribution in [0.1, 0.15) is 46.5 Å². The molecule has 0 aliphatic heterocycles. The van der Waals surface area contributed by atoms with Crippen molar-refractivity contribution >= 4 is 12.2 Å². The monoisotopic (exact) mass is 512 g/mol. The quantitative estimate of drug-likeness (QED) is 0.212. The fourth-order valence-corrected chi connectivity index (χ4v) is 4.80. The van der Waals surface area contributed by atoms with Crippen LogP contribution in [-0.4, -0.2) is 9.78 Å². The Bertz CT molecular complexity index is 1650. The fraction of sp³-hybridized carbons (Fsp3) is 0.143. The summed E-state index contributed by atoms with van der Waals surface area (Å²) in [5.74, 6) is 0.713. The Hall–Kier alpha value is -4.70. The number of aromatic nitrogens is 2. The van der Waals surface area contributed by atoms with E-state index in [1.54, 1.807) is 4.68 Å². The normalized spacial score (nSPS) is 12.0. The molecule has 0 bridgehead atoms. The molecule has 1 unspecified atom stereocenters. The summed E-state index contributed by atoms with van der Waals surface area (Å²) in [5, 5.41) is 4.83. The van der Waals surface area contributed by atoms with Gasteiger partial charge in [-0.3, -0.25) is 4.79 Å². The summed E-state index contributed by atoms with van der Waals surface area (Å²) in [4.78, 5) is 14.1. The van der Waals surface area contributed by atoms with E-state index >= 15 is 0 Å². The molecule has 0 spiro atoms. The molecule has 0 saturated carbocycles. The topological polar surface area (TPSA) is 44.1 Å². The van der Waals surface area contributed by atoms with E-state index in [1.165, 1.54) is 0 Å². The minimum atomic E-state index is -0.220. The van der Waals surface area contributed by atoms with Crippen molar-refractivity contribution in [2.75, 3.05) is 0 Å². The van der Waals surface area contributed by atoms with Crippen molar-refractivity contribution in [1.82, 2.24) is 9.78 Å². The van der Waals surface area contributed by atoms with Gasteiger partial charge in [-0.05, 0) is 49.6 Å². The Balaban J connectivity index is 1.65. The van der Waals surface area contributed by atoms with Crippen molar-refractivity contribution in [2.45, 2.75) is 33.4 Å². The maximum Gasteiger partial charge on any atom is 0.275 e. The molecule has 0 N–H and O–H groups in total. The first kappa shape index (κ1) is 25.9. The number of rotatable bonds is 8. The van der Waals surface area contributed by atoms with Crippen molar-refractivity contribution in [3.05, 3.63) is 153 Å². The zero-order chi connectivity index (χ0) is 27.2. The number of benzene rings is 4. The number of nitrogens with zero attached hydrogens (tertiary/aromatic N) is 2. The van der Waals surface area contributed by atoms with Gasteiger partial charge in [-0.2, -0.15) is 5.10 Å². The van der Waals surface area contributed by atoms with Gasteiger partial charge in [0.15, 0.2) is 0 Å². The molecule has 4 aromatic carbocycles. The van der Waals surface area contributed by atoms with E-state index in [0.717, 1.165) is 39.1 Å². The largest absolute Gasteiger partial charge is 0.488 e. The first-order chi connectivity index (χ1) is 19.0. The zero-order valence-corrected chi connectivity index (χ0v) is 22.5. The van der Waals surface area contributed by atoms with E-state index in [0.29, 0.717) is 17.9 Å². The molecule has 0 radical (unpaired) electrons. The highest BCUT2D eigenvalue weighted by Gasteiger charge is 2.21. The van der Waals surface area contributed by atoms with Crippen molar-refractivity contribution < 1.29 is 4.74 Å². The molecule has 0 amide bonds. The van der Waals surface area contributed by atoms with Gasteiger partial charge in [-0.15, -0.1) is 0 Å². The van der Waals surface area contributed by atoms with Crippen molar-refractivity contribution in [1.29, 1.82) is 0 Å². The molecule has 0 saturated heterocycles. The highest BCUT2D eigenvalue weighted by atomic mass is 16.5. The number of aryl methyl sites for hydroxylation is 2. The molecule has 5 rings (SSSR count). The lowest BCUT2D eigenvalue weighted by Crippen LogP contribution is -2.30. The van der Waals surface area contributed by atoms with E-state index < -0.39 is 0 Å². The summed E-state index contributed by atoms with van der Waals surface area (Å²) >= 11 is 0. The molecule has 0 fully saturated rings. The Morgan fingerprint density at radius 3 is 2.26 bits per heavy atom. The lowest BCUT2D eigenvalue weighted by Gasteiger charge is -2.20. The molecule has 1 atom stereocenters. The highest BCUT2D eigenvalue weighted by molar-refractivity contribution is 5.84. The fourth-order valence-electron chi connectivity index (χ4n) is 4.80. The molecule has 4 nitrogen and oxygen atoms in total. The van der Waals surface area contributed by atoms with Gasteiger partial charge in [-0.25, -0.2) is 4.68 Å². The second-order valence-electron chi connectivity index (χ2n) is 9.73. The molecule has 5 aromatic rings. The van der Waals surface area contributed by atoms with Gasteiger partial charge in [-0.1, -0.05) is 115 Å². The Morgan fingerprint density at radius 2 is 1.51 bits per heavy atom. The number of para-hydroxylation sites is 1. The highest BCUT2D eigenvalue weighted by Crippen LogP contribution is 2.35. The van der Waals surface area contributed by atoms with E-state index in [4.69, 9.17) is 9.84 Å². The smallest absolute Gasteiger partial charge is 0.275 e. The third-order valence-electron chi connectivity index (χ3n) is 6.85. The lowest BCUT2D eigenvalue weighted by atomic mass is 9.97. The second kappa shape index (κ2) is 11.8. The SMILES string of the molecule is Cc1cccc(/C=C/c2c(-c3ccccc3OCc3ccccc3)c(C)nn(C(C)c3ccccc3)c2=O)c1. The van der Waals surface area contributed by atoms with Crippen LogP contribution < -0.4 is 10.3 Å². The number of hydrogen-bond acceptors (Lipinski definition) is 3. The standard InChI is InChI=1S/C35H32N2O2/c1-25-13-12-16-28(23-25)21-22-32-34(26(2)36-37(35(32)38)27(3)30-17-8-5-9-18-30)31-19-10-11-20-33(31)39-24-29-14-6-4-7-15-29/h4-23,27H,24H2,1-3H3/b22-21+. The van der Waals surface area contributed by atoms with Crippen LogP contribution in [0, 0.1) is 13.8 Å². The molecular formula is C35H32N2O2. The van der Waals surface area contributed by atoms with Crippen LogP contribution in [0.15, 0.2) is 114 Å². The molecule has 39 heavy (non-hydrogen) atoms. The third-order valence-corrected chi connectivity index (χ3v) is 6.85. The maximum atomic E-state index is 14.1. The molecule has 0 aliphatic carbocycles. The predicted molar refractivity (Wildman–Crippen MR) is 160 cm³/mol. The maximum absolute atomic E-state index is 14.1. The predicted octanol–water partition coefficient (Wildman–Crippen LogP) is 7.89. The first-order valence-electron chi connectivity index (χ1n) is 13.2. The Kier molecular flexibility index (Phi) is 7.83. The van der Waals surface area contributed by atoms with Gasteiger partial charge in [0.05, 0.1) is 17.3 Å². The summed E-state index contributed by atoms with van der Waals surface area (Å²) in [5.41, 5.74) is 7.13. The summed E-state index contributed by atoms with van der Waals surface area (Å²) in [7, 11) is 0. The van der Waals surface area contributed by atoms with Crippen LogP contribution in [0.25, 0.3) is 23.3 Å². The minimum Gasteiger partial charge on any atom is -0.488 e. The summed E-state index contributed by atoms with van der Waals surface area (Å²) in [6.45, 7) is 6.46. The van der Waals surface area contributed by atoms with Crippen LogP contribution >= 0.6 is 0 Å². The summed E-state index contributed by atoms with van der Waals surface area (Å²) < 4.78 is 7.89. The average Bonchev–Trinajstić information content (AvgIpc) is 2.97. The molecular weight excluding hydrogens is 480 g/mol. The van der Waals surface area contributed by atoms with Gasteiger partial charge in [0.2, 0.25) is 0 Å². The van der Waals surface area contributed by atoms with Crippen molar-refractivity contribution in [2.24, 2.45) is 0 Å². The number of ether oxygens (including phenoxy) is 1. The van der Waals surface area contributed by atoms with Crippen molar-refractivity contribution in [3.8, 4) is 16.9 Å². The van der Waals surface area contributed by atoms with Gasteiger partial charge in [0, 0.05) is 11.1 Å². The van der Waals surface area contributed by atoms with E-state index in [2.05, 4.69) is 19.1 Å². The van der Waals surface area contributed by atoms with Crippen LogP contribution in [0.2, 0.25) is 0 Å². The second-order valence-corrected chi connectivity index (χ2v) is 9.73. The van der Waals surface area contributed by atoms with E-state index in [-0.39, 0.29) is 11.6 Å². The first-order valence-corrected chi connectivity index (χ1v) is 13.2. The minimum absolute atomic E-state index is 0.145. The zero-order valence-electron chi connectivity index (χ0n) is 22.5. The molecule has 194 valence electrons. The summed E-state index contributed by atoms with van der Waals surface area (Å²) in [6.07, 6.45) is 3.92. The molecule has 1 aromatic heterocycles. The van der Waals surface area contributed by atoms with Crippen LogP contribution in [0.5, 0.6) is 5.75 Å². The summed E-state index contributed by atoms with van der Waals surface area (Å²) in [6, 6.07) is 35.9. The third kappa shape index (κ3) is 5.91. The van der Waals surface area contributed by atoms with Gasteiger partial charge in [0.25, 0.3) is 5.56 Å². The number of hydrogen-bond donors (Lipinski definition) is 0. The molecule has 1 heterocycles. The lowest BCUT2D eigenvalue weighted by molar-refractivity contribution is 0.307. The van der Waals surface area contributed by atoms with E-state index in [9.17, 15) is 4.79 Å². The van der Waals surface area contributed by atoms with E-state index in [1.807, 2.05) is 123 Å². The van der Waals surface area contributed by atoms with Crippen molar-refractivity contribution in [3.63, 3.8) is 0 Å². The molecule has 4 heteroatoms. The Morgan fingerprint density at radius 1 is 0.821 bits per heavy atom. The molecule has 0 aliphatic rings. The Labute approximate surface area is 229 Å². The van der Waals surface area contributed by atoms with Crippen LogP contribution in [-0.2, 0) is 6.61 Å². The van der Waals surface area contributed by atoms with Crippen LogP contribution in [0.4, 0.5) is 0 Å².